The molecule has 100 valence electrons. The highest BCUT2D eigenvalue weighted by Gasteiger charge is 2.10. The molecule has 0 fully saturated rings. The zero-order valence-electron chi connectivity index (χ0n) is 10.1. The second-order valence-electron chi connectivity index (χ2n) is 3.81. The lowest BCUT2D eigenvalue weighted by Gasteiger charge is -2.02. The third-order valence-electron chi connectivity index (χ3n) is 2.43. The smallest absolute Gasteiger partial charge is 0.342 e. The van der Waals surface area contributed by atoms with Crippen molar-refractivity contribution in [2.45, 2.75) is 0 Å². The SMILES string of the molecule is Nc1cnc(Cl)nc1Oc1ncn(-c2ccccc2)n1. The molecule has 0 aliphatic heterocycles. The van der Waals surface area contributed by atoms with E-state index in [9.17, 15) is 0 Å². The van der Waals surface area contributed by atoms with Crippen molar-refractivity contribution in [2.75, 3.05) is 5.73 Å². The minimum Gasteiger partial charge on any atom is -0.402 e. The van der Waals surface area contributed by atoms with E-state index >= 15 is 0 Å². The molecule has 2 heterocycles. The molecule has 3 aromatic rings. The summed E-state index contributed by atoms with van der Waals surface area (Å²) >= 11 is 5.68. The molecule has 2 N–H and O–H groups in total. The first-order valence-corrected chi connectivity index (χ1v) is 6.03. The zero-order chi connectivity index (χ0) is 13.9. The molecule has 0 radical (unpaired) electrons. The first-order valence-electron chi connectivity index (χ1n) is 5.65. The van der Waals surface area contributed by atoms with Gasteiger partial charge in [-0.1, -0.05) is 18.2 Å². The number of halogens is 1. The lowest BCUT2D eigenvalue weighted by atomic mass is 10.3. The van der Waals surface area contributed by atoms with Gasteiger partial charge in [0, 0.05) is 0 Å². The van der Waals surface area contributed by atoms with E-state index in [0.717, 1.165) is 5.69 Å². The van der Waals surface area contributed by atoms with Gasteiger partial charge in [0.2, 0.25) is 5.28 Å². The quantitative estimate of drug-likeness (QED) is 0.742. The number of benzene rings is 1. The number of nitrogens with zero attached hydrogens (tertiary/aromatic N) is 5. The number of anilines is 1. The van der Waals surface area contributed by atoms with E-state index in [1.165, 1.54) is 12.5 Å². The highest BCUT2D eigenvalue weighted by Crippen LogP contribution is 2.23. The molecule has 3 rings (SSSR count). The molecule has 2 aromatic heterocycles. The van der Waals surface area contributed by atoms with Crippen LogP contribution in [0.4, 0.5) is 5.69 Å². The summed E-state index contributed by atoms with van der Waals surface area (Å²) < 4.78 is 6.97. The summed E-state index contributed by atoms with van der Waals surface area (Å²) in [6.07, 6.45) is 2.89. The fourth-order valence-electron chi connectivity index (χ4n) is 1.52. The molecule has 1 aromatic carbocycles. The van der Waals surface area contributed by atoms with E-state index in [1.807, 2.05) is 30.3 Å². The van der Waals surface area contributed by atoms with Crippen LogP contribution in [0.5, 0.6) is 11.9 Å². The second-order valence-corrected chi connectivity index (χ2v) is 4.15. The Morgan fingerprint density at radius 1 is 1.15 bits per heavy atom. The third kappa shape index (κ3) is 2.52. The number of nitrogens with two attached hydrogens (primary N) is 1. The zero-order valence-corrected chi connectivity index (χ0v) is 10.9. The van der Waals surface area contributed by atoms with Gasteiger partial charge in [0.25, 0.3) is 5.88 Å². The first kappa shape index (κ1) is 12.4. The largest absolute Gasteiger partial charge is 0.402 e. The normalized spacial score (nSPS) is 10.4. The van der Waals surface area contributed by atoms with Crippen molar-refractivity contribution in [3.63, 3.8) is 0 Å². The summed E-state index contributed by atoms with van der Waals surface area (Å²) in [5.41, 5.74) is 6.80. The average Bonchev–Trinajstić information content (AvgIpc) is 2.92. The van der Waals surface area contributed by atoms with Crippen molar-refractivity contribution in [2.24, 2.45) is 0 Å². The van der Waals surface area contributed by atoms with E-state index in [-0.39, 0.29) is 22.9 Å². The van der Waals surface area contributed by atoms with Crippen molar-refractivity contribution in [3.05, 3.63) is 48.1 Å². The van der Waals surface area contributed by atoms with Gasteiger partial charge >= 0.3 is 6.01 Å². The van der Waals surface area contributed by atoms with E-state index < -0.39 is 0 Å². The monoisotopic (exact) mass is 288 g/mol. The Morgan fingerprint density at radius 3 is 2.75 bits per heavy atom. The molecular weight excluding hydrogens is 280 g/mol. The van der Waals surface area contributed by atoms with Crippen LogP contribution in [0.3, 0.4) is 0 Å². The Labute approximate surface area is 119 Å². The van der Waals surface area contributed by atoms with Crippen LogP contribution in [-0.2, 0) is 0 Å². The van der Waals surface area contributed by atoms with Gasteiger partial charge in [-0.05, 0) is 23.7 Å². The number of rotatable bonds is 3. The van der Waals surface area contributed by atoms with Gasteiger partial charge in [-0.15, -0.1) is 5.10 Å². The maximum atomic E-state index is 5.68. The molecule has 0 atom stereocenters. The molecule has 0 saturated carbocycles. The highest BCUT2D eigenvalue weighted by molar-refractivity contribution is 6.28. The van der Waals surface area contributed by atoms with Crippen molar-refractivity contribution in [3.8, 4) is 17.6 Å². The number of nitrogen functional groups attached to an aromatic ring is 1. The Hall–Kier alpha value is -2.67. The maximum absolute atomic E-state index is 5.68. The van der Waals surface area contributed by atoms with Gasteiger partial charge in [0.05, 0.1) is 11.9 Å². The van der Waals surface area contributed by atoms with Crippen LogP contribution < -0.4 is 10.5 Å². The van der Waals surface area contributed by atoms with Gasteiger partial charge < -0.3 is 10.5 Å². The fraction of sp³-hybridized carbons (Fsp3) is 0. The first-order chi connectivity index (χ1) is 9.72. The maximum Gasteiger partial charge on any atom is 0.342 e. The van der Waals surface area contributed by atoms with Crippen molar-refractivity contribution < 1.29 is 4.74 Å². The average molecular weight is 289 g/mol. The Morgan fingerprint density at radius 2 is 1.95 bits per heavy atom. The van der Waals surface area contributed by atoms with Gasteiger partial charge in [-0.3, -0.25) is 0 Å². The topological polar surface area (TPSA) is 91.7 Å². The van der Waals surface area contributed by atoms with Crippen LogP contribution in [0.1, 0.15) is 0 Å². The number of para-hydroxylation sites is 1. The minimum atomic E-state index is 0.0386. The summed E-state index contributed by atoms with van der Waals surface area (Å²) in [6.45, 7) is 0. The molecule has 0 aliphatic carbocycles. The Balaban J connectivity index is 1.86. The van der Waals surface area contributed by atoms with Crippen molar-refractivity contribution in [1.29, 1.82) is 0 Å². The summed E-state index contributed by atoms with van der Waals surface area (Å²) in [5, 5.41) is 4.21. The van der Waals surface area contributed by atoms with Crippen molar-refractivity contribution >= 4 is 17.3 Å². The number of hydrogen-bond donors (Lipinski definition) is 1. The van der Waals surface area contributed by atoms with Gasteiger partial charge in [0.15, 0.2) is 0 Å². The molecule has 0 bridgehead atoms. The molecule has 20 heavy (non-hydrogen) atoms. The molecule has 0 amide bonds. The van der Waals surface area contributed by atoms with Crippen LogP contribution in [0.25, 0.3) is 5.69 Å². The lowest BCUT2D eigenvalue weighted by molar-refractivity contribution is 0.426. The van der Waals surface area contributed by atoms with E-state index in [4.69, 9.17) is 22.1 Å². The van der Waals surface area contributed by atoms with E-state index in [1.54, 1.807) is 4.68 Å². The van der Waals surface area contributed by atoms with Crippen LogP contribution in [0.2, 0.25) is 5.28 Å². The Kier molecular flexibility index (Phi) is 3.18. The van der Waals surface area contributed by atoms with E-state index in [2.05, 4.69) is 20.1 Å². The van der Waals surface area contributed by atoms with Crippen LogP contribution in [-0.4, -0.2) is 24.7 Å². The number of aromatic nitrogens is 5. The summed E-state index contributed by atoms with van der Waals surface area (Å²) in [5.74, 6) is 0.121. The predicted molar refractivity (Wildman–Crippen MR) is 72.9 cm³/mol. The molecule has 0 unspecified atom stereocenters. The molecule has 0 aliphatic rings. The second kappa shape index (κ2) is 5.14. The molecule has 0 saturated heterocycles. The third-order valence-corrected chi connectivity index (χ3v) is 2.61. The highest BCUT2D eigenvalue weighted by atomic mass is 35.5. The molecular formula is C12H9ClN6O. The van der Waals surface area contributed by atoms with Gasteiger partial charge in [-0.2, -0.15) is 9.97 Å². The Bertz CT molecular complexity index is 730. The van der Waals surface area contributed by atoms with Crippen LogP contribution in [0.15, 0.2) is 42.9 Å². The minimum absolute atomic E-state index is 0.0386. The molecule has 7 nitrogen and oxygen atoms in total. The van der Waals surface area contributed by atoms with Crippen LogP contribution >= 0.6 is 11.6 Å². The summed E-state index contributed by atoms with van der Waals surface area (Å²) in [6, 6.07) is 9.64. The van der Waals surface area contributed by atoms with Gasteiger partial charge in [-0.25, -0.2) is 9.67 Å². The lowest BCUT2D eigenvalue weighted by Crippen LogP contribution is -1.99. The number of hydrogen-bond acceptors (Lipinski definition) is 6. The molecule has 0 spiro atoms. The predicted octanol–water partition coefficient (Wildman–Crippen LogP) is 2.09. The van der Waals surface area contributed by atoms with Gasteiger partial charge in [0.1, 0.15) is 12.0 Å². The van der Waals surface area contributed by atoms with E-state index in [0.29, 0.717) is 0 Å². The fourth-order valence-corrected chi connectivity index (χ4v) is 1.65. The summed E-state index contributed by atoms with van der Waals surface area (Å²) in [4.78, 5) is 11.6. The molecule has 8 heteroatoms. The van der Waals surface area contributed by atoms with Crippen molar-refractivity contribution in [1.82, 2.24) is 24.7 Å². The standard InChI is InChI=1S/C12H9ClN6O/c13-11-15-6-9(14)10(17-11)20-12-16-7-19(18-12)8-4-2-1-3-5-8/h1-7H,14H2. The summed E-state index contributed by atoms with van der Waals surface area (Å²) in [7, 11) is 0. The number of ether oxygens (including phenoxy) is 1. The van der Waals surface area contributed by atoms with Crippen LogP contribution in [0, 0.1) is 0 Å².